The van der Waals surface area contributed by atoms with E-state index in [0.29, 0.717) is 12.2 Å². The Kier molecular flexibility index (Phi) is 1.48. The first-order chi connectivity index (χ1) is 4.47. The molecule has 2 atom stereocenters. The maximum atomic E-state index is 5.21. The molecule has 0 aromatic carbocycles. The highest BCUT2D eigenvalue weighted by molar-refractivity contribution is 6.19. The molecule has 49 valence electrons. The molecule has 2 aliphatic rings. The van der Waals surface area contributed by atoms with E-state index in [4.69, 9.17) is 9.31 Å². The average molecular weight is 125 g/mol. The Balaban J connectivity index is 1.97. The Morgan fingerprint density at radius 1 is 1.00 bits per heavy atom. The van der Waals surface area contributed by atoms with Crippen molar-refractivity contribution in [1.82, 2.24) is 0 Å². The van der Waals surface area contributed by atoms with E-state index in [9.17, 15) is 0 Å². The number of hydrogen-bond acceptors (Lipinski definition) is 2. The first kappa shape index (κ1) is 5.75. The van der Waals surface area contributed by atoms with Gasteiger partial charge in [0.2, 0.25) is 0 Å². The molecule has 1 saturated heterocycles. The summed E-state index contributed by atoms with van der Waals surface area (Å²) in [4.78, 5) is 0. The molecule has 0 aromatic rings. The lowest BCUT2D eigenvalue weighted by molar-refractivity contribution is 0.110. The summed E-state index contributed by atoms with van der Waals surface area (Å²) < 4.78 is 10.4. The van der Waals surface area contributed by atoms with Crippen LogP contribution in [0.25, 0.3) is 0 Å². The van der Waals surface area contributed by atoms with Crippen LogP contribution in [0.1, 0.15) is 25.7 Å². The van der Waals surface area contributed by atoms with Gasteiger partial charge >= 0.3 is 7.69 Å². The first-order valence-electron chi connectivity index (χ1n) is 3.59. The quantitative estimate of drug-likeness (QED) is 0.447. The minimum Gasteiger partial charge on any atom is -0.408 e. The van der Waals surface area contributed by atoms with Crippen LogP contribution < -0.4 is 0 Å². The Labute approximate surface area is 55.8 Å². The van der Waals surface area contributed by atoms with E-state index >= 15 is 0 Å². The molecule has 1 saturated carbocycles. The van der Waals surface area contributed by atoms with Crippen LogP contribution in [-0.4, -0.2) is 19.9 Å². The third kappa shape index (κ3) is 0.991. The lowest BCUT2D eigenvalue weighted by Gasteiger charge is -2.22. The van der Waals surface area contributed by atoms with Gasteiger partial charge in [0.05, 0.1) is 12.2 Å². The smallest absolute Gasteiger partial charge is 0.408 e. The van der Waals surface area contributed by atoms with Crippen molar-refractivity contribution in [2.24, 2.45) is 0 Å². The fourth-order valence-corrected chi connectivity index (χ4v) is 1.55. The van der Waals surface area contributed by atoms with Crippen molar-refractivity contribution in [1.29, 1.82) is 0 Å². The largest absolute Gasteiger partial charge is 0.488 e. The number of fused-ring (bicyclic) bond motifs is 1. The van der Waals surface area contributed by atoms with Gasteiger partial charge in [-0.1, -0.05) is 12.8 Å². The summed E-state index contributed by atoms with van der Waals surface area (Å²) in [5.41, 5.74) is 0. The zero-order valence-electron chi connectivity index (χ0n) is 5.38. The van der Waals surface area contributed by atoms with Crippen molar-refractivity contribution in [3.05, 3.63) is 0 Å². The van der Waals surface area contributed by atoms with Gasteiger partial charge in [-0.05, 0) is 12.8 Å². The molecule has 0 N–H and O–H groups in total. The molecule has 0 spiro atoms. The van der Waals surface area contributed by atoms with Crippen molar-refractivity contribution < 1.29 is 9.31 Å². The Morgan fingerprint density at radius 3 is 2.11 bits per heavy atom. The molecule has 3 heteroatoms. The van der Waals surface area contributed by atoms with Crippen LogP contribution in [0, 0.1) is 0 Å². The summed E-state index contributed by atoms with van der Waals surface area (Å²) in [5, 5.41) is 0. The zero-order valence-corrected chi connectivity index (χ0v) is 5.38. The van der Waals surface area contributed by atoms with Gasteiger partial charge in [-0.25, -0.2) is 0 Å². The van der Waals surface area contributed by atoms with E-state index in [1.165, 1.54) is 33.4 Å². The highest BCUT2D eigenvalue weighted by Gasteiger charge is 2.31. The Bertz CT molecular complexity index is 95.2. The van der Waals surface area contributed by atoms with Crippen LogP contribution in [0.2, 0.25) is 0 Å². The van der Waals surface area contributed by atoms with Crippen LogP contribution in [0.4, 0.5) is 0 Å². The molecule has 0 bridgehead atoms. The van der Waals surface area contributed by atoms with Crippen molar-refractivity contribution >= 4 is 7.69 Å². The highest BCUT2D eigenvalue weighted by atomic mass is 16.6. The zero-order chi connectivity index (χ0) is 6.10. The second-order valence-electron chi connectivity index (χ2n) is 2.73. The minimum absolute atomic E-state index is 0.388. The molecule has 2 rings (SSSR count). The lowest BCUT2D eigenvalue weighted by atomic mass is 9.95. The molecule has 9 heavy (non-hydrogen) atoms. The SMILES string of the molecule is [B]1OC2CCCCC2O1. The van der Waals surface area contributed by atoms with Gasteiger partial charge < -0.3 is 9.31 Å². The van der Waals surface area contributed by atoms with Gasteiger partial charge in [0.1, 0.15) is 0 Å². The number of rotatable bonds is 0. The van der Waals surface area contributed by atoms with E-state index in [0.717, 1.165) is 0 Å². The van der Waals surface area contributed by atoms with Gasteiger partial charge in [0.15, 0.2) is 0 Å². The summed E-state index contributed by atoms with van der Waals surface area (Å²) in [6.45, 7) is 0. The third-order valence-corrected chi connectivity index (χ3v) is 2.10. The van der Waals surface area contributed by atoms with Crippen molar-refractivity contribution in [2.75, 3.05) is 0 Å². The normalized spacial score (nSPS) is 41.8. The van der Waals surface area contributed by atoms with E-state index in [-0.39, 0.29) is 0 Å². The summed E-state index contributed by atoms with van der Waals surface area (Å²) in [5.74, 6) is 0. The summed E-state index contributed by atoms with van der Waals surface area (Å²) in [6.07, 6.45) is 5.75. The molecule has 1 aliphatic carbocycles. The fraction of sp³-hybridized carbons (Fsp3) is 1.00. The van der Waals surface area contributed by atoms with Crippen molar-refractivity contribution in [3.8, 4) is 0 Å². The van der Waals surface area contributed by atoms with Crippen LogP contribution in [0.3, 0.4) is 0 Å². The standard InChI is InChI=1S/C6H10BO2/c1-2-4-6-5(3-1)8-7-9-6/h5-6H,1-4H2. The van der Waals surface area contributed by atoms with Gasteiger partial charge in [-0.15, -0.1) is 0 Å². The van der Waals surface area contributed by atoms with E-state index in [1.807, 2.05) is 0 Å². The predicted octanol–water partition coefficient (Wildman–Crippen LogP) is 0.879. The molecule has 0 amide bonds. The molecule has 1 heterocycles. The van der Waals surface area contributed by atoms with Crippen LogP contribution >= 0.6 is 0 Å². The van der Waals surface area contributed by atoms with Crippen LogP contribution in [0.15, 0.2) is 0 Å². The van der Waals surface area contributed by atoms with Crippen LogP contribution in [0.5, 0.6) is 0 Å². The first-order valence-corrected chi connectivity index (χ1v) is 3.59. The van der Waals surface area contributed by atoms with Gasteiger partial charge in [-0.2, -0.15) is 0 Å². The van der Waals surface area contributed by atoms with Crippen molar-refractivity contribution in [2.45, 2.75) is 37.9 Å². The van der Waals surface area contributed by atoms with E-state index in [2.05, 4.69) is 0 Å². The topological polar surface area (TPSA) is 18.5 Å². The monoisotopic (exact) mass is 125 g/mol. The van der Waals surface area contributed by atoms with Gasteiger partial charge in [-0.3, -0.25) is 0 Å². The van der Waals surface area contributed by atoms with E-state index in [1.54, 1.807) is 0 Å². The number of hydrogen-bond donors (Lipinski definition) is 0. The lowest BCUT2D eigenvalue weighted by Crippen LogP contribution is -2.25. The molecule has 1 radical (unpaired) electrons. The second kappa shape index (κ2) is 2.31. The second-order valence-corrected chi connectivity index (χ2v) is 2.73. The predicted molar refractivity (Wildman–Crippen MR) is 34.0 cm³/mol. The summed E-state index contributed by atoms with van der Waals surface area (Å²) in [7, 11) is 1.50. The third-order valence-electron chi connectivity index (χ3n) is 2.10. The fourth-order valence-electron chi connectivity index (χ4n) is 1.55. The summed E-state index contributed by atoms with van der Waals surface area (Å²) in [6, 6.07) is 0. The maximum Gasteiger partial charge on any atom is 0.488 e. The maximum absolute atomic E-state index is 5.21. The molecule has 1 aliphatic heterocycles. The molecular weight excluding hydrogens is 115 g/mol. The minimum atomic E-state index is 0.388. The van der Waals surface area contributed by atoms with E-state index < -0.39 is 0 Å². The summed E-state index contributed by atoms with van der Waals surface area (Å²) >= 11 is 0. The van der Waals surface area contributed by atoms with Gasteiger partial charge in [0.25, 0.3) is 0 Å². The molecule has 2 unspecified atom stereocenters. The average Bonchev–Trinajstić information content (AvgIpc) is 2.33. The van der Waals surface area contributed by atoms with Crippen LogP contribution in [-0.2, 0) is 9.31 Å². The molecule has 2 nitrogen and oxygen atoms in total. The highest BCUT2D eigenvalue weighted by Crippen LogP contribution is 2.26. The van der Waals surface area contributed by atoms with Crippen molar-refractivity contribution in [3.63, 3.8) is 0 Å². The Morgan fingerprint density at radius 2 is 1.56 bits per heavy atom. The molecule has 0 aromatic heterocycles. The Hall–Kier alpha value is -0.0151. The van der Waals surface area contributed by atoms with Gasteiger partial charge in [0, 0.05) is 0 Å². The molecule has 2 fully saturated rings. The molecular formula is C6H10BO2.